The second-order valence-corrected chi connectivity index (χ2v) is 52.7. The van der Waals surface area contributed by atoms with Crippen LogP contribution in [0.25, 0.3) is 235 Å². The molecule has 27 rings (SSSR count). The molecular weight excluding hydrogens is 1830 g/mol. The molecule has 6 heterocycles. The minimum Gasteiger partial charge on any atom is -0.208 e. The first kappa shape index (κ1) is 90.4. The summed E-state index contributed by atoms with van der Waals surface area (Å²) in [5.74, 6) is 6.07. The summed E-state index contributed by atoms with van der Waals surface area (Å²) in [6, 6.07) is 174. The van der Waals surface area contributed by atoms with E-state index in [0.29, 0.717) is 52.4 Å². The van der Waals surface area contributed by atoms with Gasteiger partial charge >= 0.3 is 0 Å². The molecule has 0 N–H and O–H groups in total. The highest BCUT2D eigenvalue weighted by Gasteiger charge is 2.44. The van der Waals surface area contributed by atoms with Crippen LogP contribution in [0.5, 0.6) is 0 Å². The minimum absolute atomic E-state index is 0.660. The van der Waals surface area contributed by atoms with E-state index < -0.39 is 24.2 Å². The number of benzene rings is 21. The van der Waals surface area contributed by atoms with Crippen molar-refractivity contribution in [2.45, 2.75) is 39.3 Å². The molecule has 0 fully saturated rings. The second-order valence-electron chi connectivity index (χ2n) is 39.8. The fraction of sp³-hybridized carbons (Fsp3) is 0.0444. The first-order valence-electron chi connectivity index (χ1n) is 50.4. The van der Waals surface area contributed by atoms with Crippen molar-refractivity contribution in [2.75, 3.05) is 0 Å². The van der Waals surface area contributed by atoms with E-state index in [2.05, 4.69) is 494 Å². The van der Waals surface area contributed by atoms with Crippen molar-refractivity contribution in [3.8, 4) is 203 Å². The highest BCUT2D eigenvalue weighted by molar-refractivity contribution is 7.05. The van der Waals surface area contributed by atoms with E-state index in [1.165, 1.54) is 125 Å². The summed E-state index contributed by atoms with van der Waals surface area (Å²) in [6.07, 6.45) is 0. The van der Waals surface area contributed by atoms with Crippen molar-refractivity contribution in [1.29, 1.82) is 0 Å². The average Bonchev–Trinajstić information content (AvgIpc) is 1.42. The molecule has 0 unspecified atom stereocenters. The third-order valence-electron chi connectivity index (χ3n) is 29.8. The summed E-state index contributed by atoms with van der Waals surface area (Å²) in [4.78, 5) is 46.6. The Balaban J connectivity index is 0.000000115. The van der Waals surface area contributed by atoms with Gasteiger partial charge in [-0.05, 0) is 176 Å². The van der Waals surface area contributed by atoms with Gasteiger partial charge in [-0.3, -0.25) is 0 Å². The van der Waals surface area contributed by atoms with E-state index >= 15 is 0 Å². The van der Waals surface area contributed by atoms with Crippen molar-refractivity contribution < 1.29 is 0 Å². The Hall–Kier alpha value is -17.9. The van der Waals surface area contributed by atoms with Crippen molar-refractivity contribution in [2.24, 2.45) is 0 Å². The van der Waals surface area contributed by atoms with Crippen LogP contribution in [-0.2, 0) is 0 Å². The lowest BCUT2D eigenvalue weighted by Crippen LogP contribution is -2.50. The second kappa shape index (κ2) is 37.7. The molecule has 3 aliphatic heterocycles. The third-order valence-corrected chi connectivity index (χ3v) is 40.5. The standard InChI is InChI=1S/3C45H33N3Si/c1-49(2)40-28-27-33-17-9-10-20-37(33)41(40)38-21-12-22-39(42(38)49)45-47-43(34-25-23-32(24-26-34)30-13-5-3-6-14-30)46-44(48-45)36-19-11-18-35(29-36)31-15-7-4-8-16-31;1-49(2)39-19-11-18-38(42(39)41-37-17-10-9-16-34(37)28-29-40(41)49)45-47-43(35-24-20-32(21-25-35)30-12-5-3-6-13-30)46-44(48-45)36-26-22-33(23-27-36)31-14-7-4-8-15-31;1-49(2)40-27-26-37(29-39(40)42-38-16-10-9-15-34(38)25-28-41(42)49)45-47-43(35-21-17-32(18-22-35)30-11-5-3-6-12-30)46-44(48-45)36-23-19-33(20-24-36)31-13-7-4-8-14-31/h3*3-29H,1-2H3. The Morgan fingerprint density at radius 3 is 0.748 bits per heavy atom. The van der Waals surface area contributed by atoms with Crippen LogP contribution in [0.2, 0.25) is 39.3 Å². The van der Waals surface area contributed by atoms with Crippen LogP contribution in [0, 0.1) is 0 Å². The summed E-state index contributed by atoms with van der Waals surface area (Å²) in [7, 11) is -5.95. The zero-order chi connectivity index (χ0) is 98.9. The van der Waals surface area contributed by atoms with Gasteiger partial charge in [-0.1, -0.05) is 519 Å². The molecule has 0 spiro atoms. The Labute approximate surface area is 859 Å². The third kappa shape index (κ3) is 16.9. The molecule has 3 aromatic heterocycles. The Kier molecular flexibility index (Phi) is 23.2. The summed E-state index contributed by atoms with van der Waals surface area (Å²) in [5.41, 5.74) is 30.9. The predicted octanol–water partition coefficient (Wildman–Crippen LogP) is 30.5. The van der Waals surface area contributed by atoms with Gasteiger partial charge in [-0.25, -0.2) is 44.9 Å². The van der Waals surface area contributed by atoms with E-state index in [1.54, 1.807) is 0 Å². The first-order valence-corrected chi connectivity index (χ1v) is 59.4. The first-order chi connectivity index (χ1) is 72.1. The van der Waals surface area contributed by atoms with Gasteiger partial charge in [0, 0.05) is 50.1 Å². The fourth-order valence-electron chi connectivity index (χ4n) is 22.2. The summed E-state index contributed by atoms with van der Waals surface area (Å²) >= 11 is 0. The van der Waals surface area contributed by atoms with Crippen LogP contribution in [0.15, 0.2) is 491 Å². The molecule has 696 valence electrons. The van der Waals surface area contributed by atoms with Crippen molar-refractivity contribution >= 4 is 87.7 Å². The lowest BCUT2D eigenvalue weighted by molar-refractivity contribution is 1.07. The van der Waals surface area contributed by atoms with E-state index in [0.717, 1.165) is 89.0 Å². The number of nitrogens with zero attached hydrogens (tertiary/aromatic N) is 9. The Morgan fingerprint density at radius 2 is 0.361 bits per heavy atom. The minimum atomic E-state index is -2.12. The Morgan fingerprint density at radius 1 is 0.129 bits per heavy atom. The molecule has 0 saturated heterocycles. The van der Waals surface area contributed by atoms with E-state index in [-0.39, 0.29) is 0 Å². The number of hydrogen-bond donors (Lipinski definition) is 0. The molecule has 0 atom stereocenters. The molecule has 12 heteroatoms. The number of rotatable bonds is 15. The smallest absolute Gasteiger partial charge is 0.164 e. The van der Waals surface area contributed by atoms with E-state index in [4.69, 9.17) is 44.9 Å². The molecule has 9 nitrogen and oxygen atoms in total. The van der Waals surface area contributed by atoms with Crippen LogP contribution >= 0.6 is 0 Å². The predicted molar refractivity (Wildman–Crippen MR) is 620 cm³/mol. The maximum absolute atomic E-state index is 5.27. The van der Waals surface area contributed by atoms with Gasteiger partial charge < -0.3 is 0 Å². The fourth-order valence-corrected chi connectivity index (χ4v) is 31.7. The molecule has 24 aromatic rings. The molecule has 0 saturated carbocycles. The summed E-state index contributed by atoms with van der Waals surface area (Å²) < 4.78 is 0. The monoisotopic (exact) mass is 1930 g/mol. The van der Waals surface area contributed by atoms with Crippen LogP contribution in [0.4, 0.5) is 0 Å². The number of fused-ring (bicyclic) bond motifs is 15. The van der Waals surface area contributed by atoms with Crippen molar-refractivity contribution in [1.82, 2.24) is 44.9 Å². The number of aromatic nitrogens is 9. The van der Waals surface area contributed by atoms with Gasteiger partial charge in [0.05, 0.1) is 0 Å². The van der Waals surface area contributed by atoms with Gasteiger partial charge in [0.25, 0.3) is 0 Å². The molecule has 21 aromatic carbocycles. The molecule has 0 amide bonds. The van der Waals surface area contributed by atoms with Crippen molar-refractivity contribution in [3.63, 3.8) is 0 Å². The topological polar surface area (TPSA) is 116 Å². The molecule has 0 aliphatic carbocycles. The van der Waals surface area contributed by atoms with Gasteiger partial charge in [0.1, 0.15) is 24.2 Å². The van der Waals surface area contributed by atoms with Crippen LogP contribution in [-0.4, -0.2) is 69.1 Å². The van der Waals surface area contributed by atoms with Gasteiger partial charge in [0.15, 0.2) is 52.4 Å². The van der Waals surface area contributed by atoms with Crippen LogP contribution in [0.3, 0.4) is 0 Å². The van der Waals surface area contributed by atoms with Gasteiger partial charge in [-0.2, -0.15) is 0 Å². The van der Waals surface area contributed by atoms with Crippen molar-refractivity contribution in [3.05, 3.63) is 491 Å². The van der Waals surface area contributed by atoms with E-state index in [9.17, 15) is 0 Å². The maximum Gasteiger partial charge on any atom is 0.164 e. The molecule has 3 aliphatic rings. The van der Waals surface area contributed by atoms with Gasteiger partial charge in [-0.15, -0.1) is 0 Å². The van der Waals surface area contributed by atoms with Crippen LogP contribution < -0.4 is 31.1 Å². The van der Waals surface area contributed by atoms with Crippen LogP contribution in [0.1, 0.15) is 0 Å². The number of hydrogen-bond acceptors (Lipinski definition) is 9. The zero-order valence-corrected chi connectivity index (χ0v) is 85.3. The highest BCUT2D eigenvalue weighted by atomic mass is 28.3. The Bertz CT molecular complexity index is 8970. The highest BCUT2D eigenvalue weighted by Crippen LogP contribution is 2.45. The quantitative estimate of drug-likeness (QED) is 0.0925. The molecule has 147 heavy (non-hydrogen) atoms. The molecular formula is C135H99N9Si3. The zero-order valence-electron chi connectivity index (χ0n) is 82.3. The van der Waals surface area contributed by atoms with Gasteiger partial charge in [0.2, 0.25) is 0 Å². The normalized spacial score (nSPS) is 12.9. The maximum atomic E-state index is 5.27. The summed E-state index contributed by atoms with van der Waals surface area (Å²) in [5, 5.41) is 16.4. The lowest BCUT2D eigenvalue weighted by Gasteiger charge is -2.22. The largest absolute Gasteiger partial charge is 0.208 e. The molecule has 0 radical (unpaired) electrons. The lowest BCUT2D eigenvalue weighted by atomic mass is 9.94. The molecule has 0 bridgehead atoms. The summed E-state index contributed by atoms with van der Waals surface area (Å²) in [6.45, 7) is 14.8. The van der Waals surface area contributed by atoms with E-state index in [1.807, 2.05) is 36.4 Å². The average molecular weight is 1930 g/mol. The SMILES string of the molecule is C[Si]1(C)c2ccc(-c3nc(-c4ccc(-c5ccccc5)cc4)nc(-c4ccc(-c5ccccc5)cc4)n3)cc2-c2c1ccc1ccccc21.C[Si]1(C)c2ccc3ccccc3c2-c2cccc(-c3nc(-c4ccc(-c5ccccc5)cc4)nc(-c4cccc(-c5ccccc5)c4)n3)c21.C[Si]1(C)c2cccc(-c3nc(-c4ccc(-c5ccccc5)cc4)nc(-c4ccc(-c5ccccc5)cc4)n3)c2-c2c1ccc1ccccc21.